The molecule has 0 saturated carbocycles. The smallest absolute Gasteiger partial charge is 0.272 e. The Kier molecular flexibility index (Phi) is 6.26. The zero-order chi connectivity index (χ0) is 17.6. The Morgan fingerprint density at radius 2 is 2.20 bits per heavy atom. The van der Waals surface area contributed by atoms with Crippen LogP contribution in [0, 0.1) is 12.8 Å². The molecule has 6 nitrogen and oxygen atoms in total. The minimum absolute atomic E-state index is 0.116. The third-order valence-corrected chi connectivity index (χ3v) is 5.30. The Morgan fingerprint density at radius 3 is 2.84 bits per heavy atom. The zero-order valence-corrected chi connectivity index (χ0v) is 15.5. The Hall–Kier alpha value is -1.66. The summed E-state index contributed by atoms with van der Waals surface area (Å²) in [7, 11) is 1.86. The van der Waals surface area contributed by atoms with Crippen molar-refractivity contribution < 1.29 is 14.4 Å². The number of ether oxygens (including phenoxy) is 1. The Bertz CT molecular complexity index is 605. The molecule has 1 N–H and O–H groups in total. The summed E-state index contributed by atoms with van der Waals surface area (Å²) in [4.78, 5) is 16.7. The second-order valence-corrected chi connectivity index (χ2v) is 7.31. The minimum Gasteiger partial charge on any atom is -0.370 e. The van der Waals surface area contributed by atoms with Gasteiger partial charge in [0, 0.05) is 13.6 Å². The number of allylic oxidation sites excluding steroid dienone is 2. The molecule has 3 rings (SSSR count). The van der Waals surface area contributed by atoms with Crippen LogP contribution in [0.3, 0.4) is 0 Å². The van der Waals surface area contributed by atoms with Gasteiger partial charge in [-0.1, -0.05) is 12.2 Å². The number of carbonyl (C=O) groups excluding carboxylic acids is 1. The van der Waals surface area contributed by atoms with E-state index in [0.717, 1.165) is 64.5 Å². The first kappa shape index (κ1) is 18.1. The molecular formula is C19H31N4O2+. The van der Waals surface area contributed by atoms with E-state index in [9.17, 15) is 4.79 Å². The molecule has 0 radical (unpaired) electrons. The Labute approximate surface area is 150 Å². The summed E-state index contributed by atoms with van der Waals surface area (Å²) in [5.74, 6) is 0.688. The first-order chi connectivity index (χ1) is 12.1. The van der Waals surface area contributed by atoms with Crippen LogP contribution in [0.5, 0.6) is 0 Å². The van der Waals surface area contributed by atoms with E-state index in [-0.39, 0.29) is 5.91 Å². The lowest BCUT2D eigenvalue weighted by molar-refractivity contribution is -0.907. The molecule has 1 atom stereocenters. The van der Waals surface area contributed by atoms with Gasteiger partial charge in [-0.25, -0.2) is 0 Å². The molecular weight excluding hydrogens is 316 g/mol. The highest BCUT2D eigenvalue weighted by Crippen LogP contribution is 2.20. The molecule has 0 bridgehead atoms. The quantitative estimate of drug-likeness (QED) is 0.760. The first-order valence-corrected chi connectivity index (χ1v) is 9.49. The normalized spacial score (nSPS) is 21.4. The standard InChI is InChI=1S/C19H30N4O2/c1-16-14-18(21(2)20-16)19(24)23(15-17-6-4-3-5-7-17)9-8-22-10-12-25-13-11-22/h3-4,14,17H,5-13,15H2,1-2H3/p+1/t17-/m0/s1. The van der Waals surface area contributed by atoms with Crippen LogP contribution in [0.2, 0.25) is 0 Å². The largest absolute Gasteiger partial charge is 0.370 e. The van der Waals surface area contributed by atoms with Crippen molar-refractivity contribution in [2.45, 2.75) is 26.2 Å². The maximum atomic E-state index is 13.1. The molecule has 2 heterocycles. The van der Waals surface area contributed by atoms with Crippen molar-refractivity contribution in [2.75, 3.05) is 45.9 Å². The molecule has 0 unspecified atom stereocenters. The van der Waals surface area contributed by atoms with Crippen LogP contribution in [0.4, 0.5) is 0 Å². The van der Waals surface area contributed by atoms with E-state index in [2.05, 4.69) is 22.2 Å². The van der Waals surface area contributed by atoms with Crippen molar-refractivity contribution in [3.8, 4) is 0 Å². The average molecular weight is 347 g/mol. The third kappa shape index (κ3) is 4.92. The van der Waals surface area contributed by atoms with Gasteiger partial charge >= 0.3 is 0 Å². The molecule has 1 amide bonds. The summed E-state index contributed by atoms with van der Waals surface area (Å²) in [6.07, 6.45) is 7.91. The van der Waals surface area contributed by atoms with Crippen molar-refractivity contribution in [2.24, 2.45) is 13.0 Å². The topological polar surface area (TPSA) is 51.8 Å². The van der Waals surface area contributed by atoms with E-state index >= 15 is 0 Å². The first-order valence-electron chi connectivity index (χ1n) is 9.49. The van der Waals surface area contributed by atoms with Gasteiger partial charge in [-0.2, -0.15) is 5.10 Å². The van der Waals surface area contributed by atoms with E-state index in [1.807, 2.05) is 20.0 Å². The summed E-state index contributed by atoms with van der Waals surface area (Å²) in [6, 6.07) is 1.90. The van der Waals surface area contributed by atoms with Crippen LogP contribution < -0.4 is 4.90 Å². The molecule has 0 aromatic carbocycles. The van der Waals surface area contributed by atoms with Gasteiger partial charge in [-0.05, 0) is 38.2 Å². The fourth-order valence-electron chi connectivity index (χ4n) is 3.79. The number of carbonyl (C=O) groups is 1. The van der Waals surface area contributed by atoms with Crippen LogP contribution in [0.1, 0.15) is 35.4 Å². The van der Waals surface area contributed by atoms with Crippen molar-refractivity contribution in [1.82, 2.24) is 14.7 Å². The summed E-state index contributed by atoms with van der Waals surface area (Å²) in [5, 5.41) is 4.35. The van der Waals surface area contributed by atoms with Crippen LogP contribution in [0.25, 0.3) is 0 Å². The van der Waals surface area contributed by atoms with Crippen molar-refractivity contribution in [3.05, 3.63) is 29.6 Å². The highest BCUT2D eigenvalue weighted by molar-refractivity contribution is 5.92. The SMILES string of the molecule is Cc1cc(C(=O)N(CC[NH+]2CCOCC2)C[C@H]2CC=CCC2)n(C)n1. The van der Waals surface area contributed by atoms with Crippen LogP contribution >= 0.6 is 0 Å². The molecule has 25 heavy (non-hydrogen) atoms. The highest BCUT2D eigenvalue weighted by Gasteiger charge is 2.25. The van der Waals surface area contributed by atoms with Gasteiger partial charge in [-0.3, -0.25) is 9.48 Å². The number of hydrogen-bond donors (Lipinski definition) is 1. The molecule has 1 saturated heterocycles. The van der Waals surface area contributed by atoms with Crippen molar-refractivity contribution >= 4 is 5.91 Å². The van der Waals surface area contributed by atoms with Gasteiger partial charge in [0.2, 0.25) is 0 Å². The van der Waals surface area contributed by atoms with Crippen LogP contribution in [0.15, 0.2) is 18.2 Å². The predicted octanol–water partition coefficient (Wildman–Crippen LogP) is 0.442. The molecule has 2 aliphatic rings. The van der Waals surface area contributed by atoms with Crippen molar-refractivity contribution in [1.29, 1.82) is 0 Å². The third-order valence-electron chi connectivity index (χ3n) is 5.30. The van der Waals surface area contributed by atoms with Gasteiger partial charge in [-0.15, -0.1) is 0 Å². The number of hydrogen-bond acceptors (Lipinski definition) is 3. The fraction of sp³-hybridized carbons (Fsp3) is 0.684. The maximum absolute atomic E-state index is 13.1. The molecule has 138 valence electrons. The number of quaternary nitrogens is 1. The zero-order valence-electron chi connectivity index (χ0n) is 15.5. The Morgan fingerprint density at radius 1 is 1.40 bits per heavy atom. The maximum Gasteiger partial charge on any atom is 0.272 e. The highest BCUT2D eigenvalue weighted by atomic mass is 16.5. The summed E-state index contributed by atoms with van der Waals surface area (Å²) in [6.45, 7) is 8.32. The molecule has 1 aliphatic carbocycles. The summed E-state index contributed by atoms with van der Waals surface area (Å²) >= 11 is 0. The lowest BCUT2D eigenvalue weighted by Gasteiger charge is -2.30. The number of morpholine rings is 1. The molecule has 1 aromatic heterocycles. The number of rotatable bonds is 6. The van der Waals surface area contributed by atoms with Crippen molar-refractivity contribution in [3.63, 3.8) is 0 Å². The molecule has 1 aliphatic heterocycles. The van der Waals surface area contributed by atoms with Crippen LogP contribution in [-0.4, -0.2) is 66.5 Å². The number of nitrogens with one attached hydrogen (secondary N) is 1. The van der Waals surface area contributed by atoms with E-state index in [1.54, 1.807) is 4.68 Å². The number of aromatic nitrogens is 2. The van der Waals surface area contributed by atoms with E-state index in [4.69, 9.17) is 4.74 Å². The van der Waals surface area contributed by atoms with E-state index in [0.29, 0.717) is 11.6 Å². The fourth-order valence-corrected chi connectivity index (χ4v) is 3.79. The molecule has 0 spiro atoms. The summed E-state index contributed by atoms with van der Waals surface area (Å²) in [5.41, 5.74) is 1.59. The Balaban J connectivity index is 1.67. The van der Waals surface area contributed by atoms with Gasteiger partial charge in [0.15, 0.2) is 0 Å². The predicted molar refractivity (Wildman–Crippen MR) is 96.7 cm³/mol. The number of nitrogens with zero attached hydrogens (tertiary/aromatic N) is 3. The van der Waals surface area contributed by atoms with Gasteiger partial charge in [0.05, 0.1) is 32.0 Å². The van der Waals surface area contributed by atoms with Gasteiger partial charge in [0.25, 0.3) is 5.91 Å². The monoisotopic (exact) mass is 347 g/mol. The number of amides is 1. The second kappa shape index (κ2) is 8.63. The molecule has 6 heteroatoms. The van der Waals surface area contributed by atoms with Gasteiger partial charge < -0.3 is 14.5 Å². The van der Waals surface area contributed by atoms with E-state index < -0.39 is 0 Å². The molecule has 1 aromatic rings. The van der Waals surface area contributed by atoms with E-state index in [1.165, 1.54) is 11.3 Å². The number of aryl methyl sites for hydroxylation is 2. The van der Waals surface area contributed by atoms with Crippen LogP contribution in [-0.2, 0) is 11.8 Å². The minimum atomic E-state index is 0.116. The molecule has 1 fully saturated rings. The average Bonchev–Trinajstić information content (AvgIpc) is 2.98. The lowest BCUT2D eigenvalue weighted by Crippen LogP contribution is -3.14. The second-order valence-electron chi connectivity index (χ2n) is 7.31. The lowest BCUT2D eigenvalue weighted by atomic mass is 9.94. The van der Waals surface area contributed by atoms with Gasteiger partial charge in [0.1, 0.15) is 18.8 Å². The summed E-state index contributed by atoms with van der Waals surface area (Å²) < 4.78 is 7.16.